The van der Waals surface area contributed by atoms with Crippen LogP contribution in [0.15, 0.2) is 170 Å². The van der Waals surface area contributed by atoms with Gasteiger partial charge < -0.3 is 9.34 Å². The van der Waals surface area contributed by atoms with E-state index in [-0.39, 0.29) is 0 Å². The zero-order chi connectivity index (χ0) is 29.7. The lowest BCUT2D eigenvalue weighted by Gasteiger charge is -2.32. The highest BCUT2D eigenvalue weighted by molar-refractivity contribution is 14.2. The summed E-state index contributed by atoms with van der Waals surface area (Å²) in [5.74, 6) is -0.645. The van der Waals surface area contributed by atoms with Gasteiger partial charge in [0.05, 0.1) is 11.4 Å². The average Bonchev–Trinajstić information content (AvgIpc) is 3.48. The Bertz CT molecular complexity index is 1590. The van der Waals surface area contributed by atoms with E-state index in [4.69, 9.17) is 0 Å². The predicted octanol–water partition coefficient (Wildman–Crippen LogP) is 8.19. The molecule has 1 aliphatic rings. The number of hydrogen-bond acceptors (Lipinski definition) is 2. The van der Waals surface area contributed by atoms with Crippen LogP contribution < -0.4 is 41.2 Å². The molecule has 1 heterocycles. The summed E-state index contributed by atoms with van der Waals surface area (Å²) in [5.41, 5.74) is 2.72. The Balaban J connectivity index is 1.28. The minimum absolute atomic E-state index is 0.645. The number of hydrogen-bond donors (Lipinski definition) is 0. The third-order valence-electron chi connectivity index (χ3n) is 7.78. The Kier molecular flexibility index (Phi) is 9.38. The lowest BCUT2D eigenvalue weighted by Crippen LogP contribution is -2.26. The number of halogens is 1. The van der Waals surface area contributed by atoms with Crippen molar-refractivity contribution in [3.05, 3.63) is 170 Å². The molecule has 0 aliphatic carbocycles. The molecule has 0 atom stereocenters. The SMILES string of the molecule is IP1N(c2ccccc2P(c2ccccc2)c2ccccc2)CCN1c1ccccc1P(c1ccccc1)c1ccccc1. The topological polar surface area (TPSA) is 6.48 Å². The molecule has 0 bridgehead atoms. The molecule has 6 aromatic rings. The van der Waals surface area contributed by atoms with Crippen molar-refractivity contribution in [2.75, 3.05) is 22.4 Å². The molecular weight excluding hydrogens is 704 g/mol. The van der Waals surface area contributed by atoms with Crippen molar-refractivity contribution in [3.63, 3.8) is 0 Å². The van der Waals surface area contributed by atoms with Crippen LogP contribution in [0.4, 0.5) is 11.4 Å². The van der Waals surface area contributed by atoms with Crippen molar-refractivity contribution in [2.24, 2.45) is 0 Å². The van der Waals surface area contributed by atoms with Crippen LogP contribution >= 0.6 is 43.7 Å². The standard InChI is InChI=1S/C38H32IN2P3/c39-44-40(35-25-13-15-27-37(35)42(31-17-5-1-6-18-31)32-19-7-2-8-20-32)29-30-41(44)36-26-14-16-28-38(36)43(33-21-9-3-10-22-33)34-23-11-4-12-24-34/h1-28H,29-30H2. The molecule has 0 spiro atoms. The molecule has 0 aromatic heterocycles. The van der Waals surface area contributed by atoms with Crippen LogP contribution in [-0.2, 0) is 0 Å². The second-order valence-corrected chi connectivity index (χ2v) is 18.9. The first kappa shape index (κ1) is 29.6. The monoisotopic (exact) mass is 736 g/mol. The molecule has 6 aromatic carbocycles. The van der Waals surface area contributed by atoms with Crippen molar-refractivity contribution in [1.82, 2.24) is 0 Å². The summed E-state index contributed by atoms with van der Waals surface area (Å²) in [4.78, 5) is 0. The molecule has 2 nitrogen and oxygen atoms in total. The van der Waals surface area contributed by atoms with Gasteiger partial charge in [0.1, 0.15) is 0 Å². The molecular formula is C38H32IN2P3. The fraction of sp³-hybridized carbons (Fsp3) is 0.0526. The van der Waals surface area contributed by atoms with Gasteiger partial charge in [-0.25, -0.2) is 0 Å². The van der Waals surface area contributed by atoms with Gasteiger partial charge in [-0.15, -0.1) is 0 Å². The maximum atomic E-state index is 2.73. The highest BCUT2D eigenvalue weighted by Crippen LogP contribution is 2.60. The number of nitrogens with zero attached hydrogens (tertiary/aromatic N) is 2. The zero-order valence-electron chi connectivity index (χ0n) is 24.2. The lowest BCUT2D eigenvalue weighted by atomic mass is 10.3. The third-order valence-corrected chi connectivity index (χ3v) is 17.5. The van der Waals surface area contributed by atoms with E-state index in [1.165, 1.54) is 43.2 Å². The van der Waals surface area contributed by atoms with Crippen molar-refractivity contribution < 1.29 is 0 Å². The van der Waals surface area contributed by atoms with Crippen LogP contribution in [0.2, 0.25) is 0 Å². The van der Waals surface area contributed by atoms with Crippen molar-refractivity contribution in [2.45, 2.75) is 0 Å². The van der Waals surface area contributed by atoms with E-state index in [2.05, 4.69) is 201 Å². The van der Waals surface area contributed by atoms with Gasteiger partial charge in [-0.05, 0) is 71.2 Å². The smallest absolute Gasteiger partial charge is 0.163 e. The predicted molar refractivity (Wildman–Crippen MR) is 206 cm³/mol. The van der Waals surface area contributed by atoms with Gasteiger partial charge in [0, 0.05) is 23.7 Å². The van der Waals surface area contributed by atoms with Gasteiger partial charge >= 0.3 is 0 Å². The minimum Gasteiger partial charge on any atom is -0.323 e. The van der Waals surface area contributed by atoms with E-state index in [1.54, 1.807) is 0 Å². The Morgan fingerprint density at radius 3 is 0.977 bits per heavy atom. The largest absolute Gasteiger partial charge is 0.323 e. The van der Waals surface area contributed by atoms with Crippen LogP contribution in [0.3, 0.4) is 0 Å². The van der Waals surface area contributed by atoms with E-state index in [9.17, 15) is 0 Å². The summed E-state index contributed by atoms with van der Waals surface area (Å²) in [6, 6.07) is 62.5. The molecule has 1 aliphatic heterocycles. The van der Waals surface area contributed by atoms with Gasteiger partial charge in [0.25, 0.3) is 0 Å². The molecule has 44 heavy (non-hydrogen) atoms. The zero-order valence-corrected chi connectivity index (χ0v) is 29.0. The van der Waals surface area contributed by atoms with Gasteiger partial charge in [0.2, 0.25) is 0 Å². The average molecular weight is 737 g/mol. The maximum absolute atomic E-state index is 2.73. The van der Waals surface area contributed by atoms with Crippen LogP contribution in [0.5, 0.6) is 0 Å². The number of rotatable bonds is 8. The van der Waals surface area contributed by atoms with Crippen LogP contribution in [0, 0.1) is 0 Å². The van der Waals surface area contributed by atoms with E-state index < -0.39 is 21.7 Å². The van der Waals surface area contributed by atoms with Gasteiger partial charge in [-0.2, -0.15) is 0 Å². The summed E-state index contributed by atoms with van der Waals surface area (Å²) in [7, 11) is -1.40. The molecule has 1 fully saturated rings. The second-order valence-electron chi connectivity index (χ2n) is 10.5. The normalized spacial score (nSPS) is 13.6. The molecule has 0 N–H and O–H groups in total. The molecule has 6 heteroatoms. The highest BCUT2D eigenvalue weighted by Gasteiger charge is 2.35. The van der Waals surface area contributed by atoms with Crippen LogP contribution in [0.25, 0.3) is 0 Å². The minimum atomic E-state index is -0.698. The quantitative estimate of drug-likeness (QED) is 0.115. The fourth-order valence-corrected chi connectivity index (χ4v) is 15.0. The number of benzene rings is 6. The third kappa shape index (κ3) is 6.09. The number of anilines is 2. The van der Waals surface area contributed by atoms with E-state index >= 15 is 0 Å². The molecule has 216 valence electrons. The van der Waals surface area contributed by atoms with Crippen molar-refractivity contribution >= 4 is 87.0 Å². The first-order valence-electron chi connectivity index (χ1n) is 14.8. The van der Waals surface area contributed by atoms with Gasteiger partial charge in [0.15, 0.2) is 5.87 Å². The molecule has 0 saturated carbocycles. The summed E-state index contributed by atoms with van der Waals surface area (Å²) in [5, 5.41) is 8.40. The first-order chi connectivity index (χ1) is 21.8. The second kappa shape index (κ2) is 13.9. The van der Waals surface area contributed by atoms with Gasteiger partial charge in [-0.3, -0.25) is 0 Å². The molecule has 1 saturated heterocycles. The van der Waals surface area contributed by atoms with Gasteiger partial charge in [-0.1, -0.05) is 158 Å². The summed E-state index contributed by atoms with van der Waals surface area (Å²) in [6.45, 7) is 2.00. The summed E-state index contributed by atoms with van der Waals surface area (Å²) < 4.78 is 5.35. The first-order valence-corrected chi connectivity index (χ1v) is 21.5. The van der Waals surface area contributed by atoms with E-state index in [1.807, 2.05) is 0 Å². The Morgan fingerprint density at radius 2 is 0.659 bits per heavy atom. The Hall–Kier alpha value is -3.06. The van der Waals surface area contributed by atoms with E-state index in [0.29, 0.717) is 0 Å². The molecule has 0 unspecified atom stereocenters. The molecule has 0 radical (unpaired) electrons. The lowest BCUT2D eigenvalue weighted by molar-refractivity contribution is 1.03. The maximum Gasteiger partial charge on any atom is 0.163 e. The highest BCUT2D eigenvalue weighted by atomic mass is 127. The molecule has 7 rings (SSSR count). The van der Waals surface area contributed by atoms with E-state index in [0.717, 1.165) is 13.1 Å². The van der Waals surface area contributed by atoms with Crippen molar-refractivity contribution in [1.29, 1.82) is 0 Å². The number of para-hydroxylation sites is 2. The molecule has 0 amide bonds. The summed E-state index contributed by atoms with van der Waals surface area (Å²) in [6.07, 6.45) is 0. The Morgan fingerprint density at radius 1 is 0.386 bits per heavy atom. The van der Waals surface area contributed by atoms with Crippen molar-refractivity contribution in [3.8, 4) is 0 Å². The van der Waals surface area contributed by atoms with Crippen LogP contribution in [-0.4, -0.2) is 13.1 Å². The summed E-state index contributed by atoms with van der Waals surface area (Å²) >= 11 is 2.73. The Labute approximate surface area is 277 Å². The van der Waals surface area contributed by atoms with Crippen LogP contribution in [0.1, 0.15) is 0 Å². The fourth-order valence-electron chi connectivity index (χ4n) is 5.81.